The first-order valence-corrected chi connectivity index (χ1v) is 6.04. The maximum Gasteiger partial charge on any atom is 0.106 e. The Bertz CT molecular complexity index is 236. The van der Waals surface area contributed by atoms with Crippen LogP contribution < -0.4 is 0 Å². The van der Waals surface area contributed by atoms with Gasteiger partial charge in [0.05, 0.1) is 18.8 Å². The average Bonchev–Trinajstić information content (AvgIpc) is 2.28. The molecule has 0 amide bonds. The van der Waals surface area contributed by atoms with Gasteiger partial charge in [-0.2, -0.15) is 0 Å². The maximum atomic E-state index is 9.93. The Morgan fingerprint density at radius 1 is 1.12 bits per heavy atom. The van der Waals surface area contributed by atoms with Crippen molar-refractivity contribution in [2.75, 3.05) is 19.7 Å². The van der Waals surface area contributed by atoms with Crippen molar-refractivity contribution in [1.29, 1.82) is 0 Å². The van der Waals surface area contributed by atoms with Gasteiger partial charge in [0.15, 0.2) is 0 Å². The highest BCUT2D eigenvalue weighted by atomic mass is 16.4. The number of fused-ring (bicyclic) bond motifs is 1. The summed E-state index contributed by atoms with van der Waals surface area (Å²) in [5, 5.41) is 38.2. The lowest BCUT2D eigenvalue weighted by Crippen LogP contribution is -2.60. The normalized spacial score (nSPS) is 45.4. The van der Waals surface area contributed by atoms with Crippen molar-refractivity contribution in [3.63, 3.8) is 0 Å². The molecule has 1 saturated carbocycles. The maximum absolute atomic E-state index is 9.93. The van der Waals surface area contributed by atoms with Crippen molar-refractivity contribution >= 4 is 0 Å². The van der Waals surface area contributed by atoms with Crippen LogP contribution in [0.2, 0.25) is 0 Å². The van der Waals surface area contributed by atoms with Crippen molar-refractivity contribution in [1.82, 2.24) is 4.90 Å². The first-order chi connectivity index (χ1) is 7.65. The zero-order valence-electron chi connectivity index (χ0n) is 9.37. The first kappa shape index (κ1) is 12.3. The molecule has 4 N–H and O–H groups in total. The van der Waals surface area contributed by atoms with Gasteiger partial charge in [-0.15, -0.1) is 0 Å². The number of piperidine rings is 1. The molecule has 0 aromatic rings. The average molecular weight is 231 g/mol. The number of hydrogen-bond donors (Lipinski definition) is 4. The number of nitrogens with zero attached hydrogens (tertiary/aromatic N) is 1. The molecule has 0 spiro atoms. The topological polar surface area (TPSA) is 84.2 Å². The molecule has 16 heavy (non-hydrogen) atoms. The molecule has 0 aromatic heterocycles. The van der Waals surface area contributed by atoms with Crippen LogP contribution in [-0.4, -0.2) is 69.4 Å². The summed E-state index contributed by atoms with van der Waals surface area (Å²) in [7, 11) is 0. The van der Waals surface area contributed by atoms with E-state index in [4.69, 9.17) is 5.11 Å². The fourth-order valence-corrected chi connectivity index (χ4v) is 3.16. The van der Waals surface area contributed by atoms with E-state index in [0.29, 0.717) is 13.0 Å². The van der Waals surface area contributed by atoms with Crippen LogP contribution in [0.1, 0.15) is 19.3 Å². The summed E-state index contributed by atoms with van der Waals surface area (Å²) in [5.74, 6) is 0.0266. The van der Waals surface area contributed by atoms with Crippen molar-refractivity contribution in [2.45, 2.75) is 43.6 Å². The molecule has 0 bridgehead atoms. The smallest absolute Gasteiger partial charge is 0.106 e. The minimum atomic E-state index is -1.02. The number of hydrogen-bond acceptors (Lipinski definition) is 5. The molecule has 1 saturated heterocycles. The van der Waals surface area contributed by atoms with Crippen molar-refractivity contribution < 1.29 is 20.4 Å². The van der Waals surface area contributed by atoms with Crippen molar-refractivity contribution in [2.24, 2.45) is 5.92 Å². The molecule has 2 aliphatic rings. The summed E-state index contributed by atoms with van der Waals surface area (Å²) < 4.78 is 0. The van der Waals surface area contributed by atoms with Gasteiger partial charge in [-0.25, -0.2) is 0 Å². The molecule has 2 rings (SSSR count). The third-order valence-corrected chi connectivity index (χ3v) is 4.00. The second kappa shape index (κ2) is 4.98. The Hall–Kier alpha value is -0.200. The Kier molecular flexibility index (Phi) is 3.81. The molecule has 1 aliphatic carbocycles. The quantitative estimate of drug-likeness (QED) is 0.467. The van der Waals surface area contributed by atoms with Crippen LogP contribution in [0.15, 0.2) is 0 Å². The summed E-state index contributed by atoms with van der Waals surface area (Å²) in [6.07, 6.45) is -0.359. The van der Waals surface area contributed by atoms with E-state index in [1.54, 1.807) is 0 Å². The van der Waals surface area contributed by atoms with Gasteiger partial charge in [-0.05, 0) is 25.8 Å². The summed E-state index contributed by atoms with van der Waals surface area (Å²) in [6, 6.07) is 0.0919. The third-order valence-electron chi connectivity index (χ3n) is 4.00. The number of rotatable bonds is 2. The molecule has 0 aromatic carbocycles. The summed E-state index contributed by atoms with van der Waals surface area (Å²) >= 11 is 0. The highest BCUT2D eigenvalue weighted by Gasteiger charge is 2.45. The molecule has 94 valence electrons. The Morgan fingerprint density at radius 2 is 1.88 bits per heavy atom. The molecule has 0 radical (unpaired) electrons. The SMILES string of the molecule is OCCN1CCC[C@@H]2[C@@H](O)[C@H](O)[C@@H](O)C[C@H]21. The van der Waals surface area contributed by atoms with E-state index in [0.717, 1.165) is 19.4 Å². The van der Waals surface area contributed by atoms with Crippen LogP contribution in [0.25, 0.3) is 0 Å². The molecule has 1 heterocycles. The van der Waals surface area contributed by atoms with Crippen LogP contribution in [0, 0.1) is 5.92 Å². The lowest BCUT2D eigenvalue weighted by Gasteiger charge is -2.49. The summed E-state index contributed by atoms with van der Waals surface area (Å²) in [4.78, 5) is 2.12. The standard InChI is InChI=1S/C11H21NO4/c13-5-4-12-3-1-2-7-8(12)6-9(14)11(16)10(7)15/h7-11,13-16H,1-6H2/t7-,8+,9-,10+,11+/m0/s1. The van der Waals surface area contributed by atoms with E-state index in [1.807, 2.05) is 0 Å². The van der Waals surface area contributed by atoms with E-state index < -0.39 is 18.3 Å². The van der Waals surface area contributed by atoms with Gasteiger partial charge in [0, 0.05) is 18.5 Å². The Morgan fingerprint density at radius 3 is 2.56 bits per heavy atom. The van der Waals surface area contributed by atoms with Gasteiger partial charge < -0.3 is 20.4 Å². The Balaban J connectivity index is 2.09. The molecule has 5 atom stereocenters. The van der Waals surface area contributed by atoms with Gasteiger partial charge in [-0.1, -0.05) is 0 Å². The zero-order chi connectivity index (χ0) is 11.7. The number of aliphatic hydroxyl groups is 4. The molecular weight excluding hydrogens is 210 g/mol. The zero-order valence-corrected chi connectivity index (χ0v) is 9.37. The second-order valence-electron chi connectivity index (χ2n) is 4.92. The predicted octanol–water partition coefficient (Wildman–Crippen LogP) is -1.45. The Labute approximate surface area is 95.3 Å². The van der Waals surface area contributed by atoms with Crippen molar-refractivity contribution in [3.8, 4) is 0 Å². The van der Waals surface area contributed by atoms with E-state index in [2.05, 4.69) is 4.90 Å². The van der Waals surface area contributed by atoms with Crippen LogP contribution in [-0.2, 0) is 0 Å². The van der Waals surface area contributed by atoms with Gasteiger partial charge in [-0.3, -0.25) is 4.90 Å². The fourth-order valence-electron chi connectivity index (χ4n) is 3.16. The molecule has 2 fully saturated rings. The van der Waals surface area contributed by atoms with Crippen molar-refractivity contribution in [3.05, 3.63) is 0 Å². The monoisotopic (exact) mass is 231 g/mol. The van der Waals surface area contributed by atoms with Crippen LogP contribution >= 0.6 is 0 Å². The molecular formula is C11H21NO4. The highest BCUT2D eigenvalue weighted by Crippen LogP contribution is 2.35. The van der Waals surface area contributed by atoms with Gasteiger partial charge in [0.1, 0.15) is 6.10 Å². The second-order valence-corrected chi connectivity index (χ2v) is 4.92. The van der Waals surface area contributed by atoms with E-state index in [-0.39, 0.29) is 18.6 Å². The molecule has 1 aliphatic heterocycles. The highest BCUT2D eigenvalue weighted by molar-refractivity contribution is 4.98. The molecule has 5 heteroatoms. The lowest BCUT2D eigenvalue weighted by atomic mass is 9.74. The summed E-state index contributed by atoms with van der Waals surface area (Å²) in [6.45, 7) is 1.58. The van der Waals surface area contributed by atoms with E-state index in [1.165, 1.54) is 0 Å². The van der Waals surface area contributed by atoms with Gasteiger partial charge in [0.2, 0.25) is 0 Å². The molecule has 0 unspecified atom stereocenters. The van der Waals surface area contributed by atoms with Crippen LogP contribution in [0.3, 0.4) is 0 Å². The van der Waals surface area contributed by atoms with E-state index >= 15 is 0 Å². The minimum Gasteiger partial charge on any atom is -0.395 e. The van der Waals surface area contributed by atoms with Gasteiger partial charge >= 0.3 is 0 Å². The number of likely N-dealkylation sites (tertiary alicyclic amines) is 1. The fraction of sp³-hybridized carbons (Fsp3) is 1.00. The number of β-amino-alcohol motifs (C(OH)–C–C–N with tert-alkyl or cyclic N) is 1. The third kappa shape index (κ3) is 2.10. The lowest BCUT2D eigenvalue weighted by molar-refractivity contribution is -0.148. The largest absolute Gasteiger partial charge is 0.395 e. The van der Waals surface area contributed by atoms with Gasteiger partial charge in [0.25, 0.3) is 0 Å². The van der Waals surface area contributed by atoms with Crippen LogP contribution in [0.4, 0.5) is 0 Å². The number of aliphatic hydroxyl groups excluding tert-OH is 4. The predicted molar refractivity (Wildman–Crippen MR) is 57.8 cm³/mol. The first-order valence-electron chi connectivity index (χ1n) is 6.04. The van der Waals surface area contributed by atoms with E-state index in [9.17, 15) is 15.3 Å². The minimum absolute atomic E-state index is 0.0266. The van der Waals surface area contributed by atoms with Crippen LogP contribution in [0.5, 0.6) is 0 Å². The summed E-state index contributed by atoms with van der Waals surface area (Å²) in [5.41, 5.74) is 0. The molecule has 5 nitrogen and oxygen atoms in total.